The molecule has 0 aliphatic carbocycles. The first-order valence-corrected chi connectivity index (χ1v) is 11.1. The average Bonchev–Trinajstić information content (AvgIpc) is 3.25. The maximum absolute atomic E-state index is 12.6. The van der Waals surface area contributed by atoms with Crippen molar-refractivity contribution in [3.05, 3.63) is 76.9 Å². The molecule has 6 nitrogen and oxygen atoms in total. The summed E-state index contributed by atoms with van der Waals surface area (Å²) in [6.45, 7) is -0.0487. The van der Waals surface area contributed by atoms with Gasteiger partial charge in [0.15, 0.2) is 5.76 Å². The van der Waals surface area contributed by atoms with Gasteiger partial charge in [0.1, 0.15) is 18.3 Å². The quantitative estimate of drug-likeness (QED) is 0.486. The molecule has 30 heavy (non-hydrogen) atoms. The molecule has 0 radical (unpaired) electrons. The Labute approximate surface area is 183 Å². The number of thioether (sulfide) groups is 1. The lowest BCUT2D eigenvalue weighted by molar-refractivity contribution is -0.147. The molecule has 0 fully saturated rings. The summed E-state index contributed by atoms with van der Waals surface area (Å²) in [5.74, 6) is 0.322. The van der Waals surface area contributed by atoms with Gasteiger partial charge in [0.2, 0.25) is 0 Å². The van der Waals surface area contributed by atoms with Crippen LogP contribution in [0.3, 0.4) is 0 Å². The second-order valence-electron chi connectivity index (χ2n) is 6.44. The number of aromatic nitrogens is 1. The van der Waals surface area contributed by atoms with Crippen LogP contribution in [-0.2, 0) is 16.1 Å². The Hall–Kier alpha value is -2.77. The number of rotatable bonds is 9. The summed E-state index contributed by atoms with van der Waals surface area (Å²) < 4.78 is 10.7. The average molecular weight is 445 g/mol. The number of hydrogen-bond acceptors (Lipinski definition) is 6. The highest BCUT2D eigenvalue weighted by Crippen LogP contribution is 2.20. The Kier molecular flexibility index (Phi) is 7.93. The Morgan fingerprint density at radius 1 is 1.17 bits per heavy atom. The molecular formula is C22H21ClN2O4S. The van der Waals surface area contributed by atoms with Gasteiger partial charge in [-0.25, -0.2) is 4.79 Å². The van der Waals surface area contributed by atoms with Crippen molar-refractivity contribution in [2.75, 3.05) is 12.0 Å². The number of nitrogens with zero attached hydrogens (tertiary/aromatic N) is 1. The summed E-state index contributed by atoms with van der Waals surface area (Å²) in [5, 5.41) is 6.99. The molecule has 1 atom stereocenters. The Morgan fingerprint density at radius 3 is 2.63 bits per heavy atom. The van der Waals surface area contributed by atoms with E-state index in [1.54, 1.807) is 42.1 Å². The van der Waals surface area contributed by atoms with E-state index in [2.05, 4.69) is 10.5 Å². The highest BCUT2D eigenvalue weighted by Gasteiger charge is 2.24. The summed E-state index contributed by atoms with van der Waals surface area (Å²) in [6, 6.07) is 17.1. The monoisotopic (exact) mass is 444 g/mol. The van der Waals surface area contributed by atoms with Crippen molar-refractivity contribution in [3.63, 3.8) is 0 Å². The highest BCUT2D eigenvalue weighted by atomic mass is 35.5. The molecule has 0 saturated carbocycles. The van der Waals surface area contributed by atoms with E-state index in [0.717, 1.165) is 5.56 Å². The molecule has 0 spiro atoms. The minimum absolute atomic E-state index is 0.0487. The molecule has 1 amide bonds. The molecule has 156 valence electrons. The van der Waals surface area contributed by atoms with E-state index in [9.17, 15) is 9.59 Å². The molecule has 8 heteroatoms. The van der Waals surface area contributed by atoms with Crippen LogP contribution < -0.4 is 5.32 Å². The maximum atomic E-state index is 12.6. The third-order valence-corrected chi connectivity index (χ3v) is 5.27. The molecule has 1 unspecified atom stereocenters. The largest absolute Gasteiger partial charge is 0.458 e. The van der Waals surface area contributed by atoms with E-state index in [4.69, 9.17) is 20.9 Å². The van der Waals surface area contributed by atoms with E-state index >= 15 is 0 Å². The molecule has 2 aromatic carbocycles. The van der Waals surface area contributed by atoms with Gasteiger partial charge in [0.05, 0.1) is 10.6 Å². The third kappa shape index (κ3) is 5.87. The predicted octanol–water partition coefficient (Wildman–Crippen LogP) is 4.59. The summed E-state index contributed by atoms with van der Waals surface area (Å²) >= 11 is 7.66. The van der Waals surface area contributed by atoms with Gasteiger partial charge in [0, 0.05) is 11.6 Å². The van der Waals surface area contributed by atoms with Crippen LogP contribution in [0.5, 0.6) is 0 Å². The molecule has 1 N–H and O–H groups in total. The van der Waals surface area contributed by atoms with Crippen LogP contribution in [0.4, 0.5) is 0 Å². The van der Waals surface area contributed by atoms with Gasteiger partial charge in [-0.05, 0) is 30.6 Å². The van der Waals surface area contributed by atoms with Gasteiger partial charge in [-0.1, -0.05) is 59.2 Å². The van der Waals surface area contributed by atoms with Gasteiger partial charge >= 0.3 is 5.97 Å². The zero-order valence-corrected chi connectivity index (χ0v) is 17.9. The molecule has 3 aromatic rings. The highest BCUT2D eigenvalue weighted by molar-refractivity contribution is 7.98. The van der Waals surface area contributed by atoms with Crippen molar-refractivity contribution in [3.8, 4) is 11.3 Å². The smallest absolute Gasteiger partial charge is 0.329 e. The van der Waals surface area contributed by atoms with E-state index in [1.165, 1.54) is 0 Å². The molecule has 0 aliphatic rings. The van der Waals surface area contributed by atoms with Gasteiger partial charge in [-0.3, -0.25) is 4.79 Å². The van der Waals surface area contributed by atoms with Crippen LogP contribution in [0.1, 0.15) is 22.5 Å². The number of carbonyl (C=O) groups is 2. The van der Waals surface area contributed by atoms with Crippen molar-refractivity contribution >= 4 is 35.2 Å². The predicted molar refractivity (Wildman–Crippen MR) is 117 cm³/mol. The van der Waals surface area contributed by atoms with Gasteiger partial charge in [-0.15, -0.1) is 0 Å². The zero-order chi connectivity index (χ0) is 21.3. The fraction of sp³-hybridized carbons (Fsp3) is 0.227. The first kappa shape index (κ1) is 21.9. The number of benzene rings is 2. The van der Waals surface area contributed by atoms with E-state index < -0.39 is 17.9 Å². The summed E-state index contributed by atoms with van der Waals surface area (Å²) in [6.07, 6.45) is 2.36. The fourth-order valence-electron chi connectivity index (χ4n) is 2.73. The Bertz CT molecular complexity index is 994. The lowest BCUT2D eigenvalue weighted by atomic mass is 10.1. The Balaban J connectivity index is 1.62. The van der Waals surface area contributed by atoms with Crippen molar-refractivity contribution in [2.45, 2.75) is 19.1 Å². The minimum atomic E-state index is -0.790. The third-order valence-electron chi connectivity index (χ3n) is 4.30. The van der Waals surface area contributed by atoms with Crippen LogP contribution in [0, 0.1) is 0 Å². The van der Waals surface area contributed by atoms with Gasteiger partial charge in [-0.2, -0.15) is 11.8 Å². The zero-order valence-electron chi connectivity index (χ0n) is 16.3. The van der Waals surface area contributed by atoms with Crippen LogP contribution >= 0.6 is 23.4 Å². The van der Waals surface area contributed by atoms with Crippen molar-refractivity contribution in [2.24, 2.45) is 0 Å². The molecule has 0 aliphatic heterocycles. The van der Waals surface area contributed by atoms with Crippen LogP contribution in [0.25, 0.3) is 11.3 Å². The Morgan fingerprint density at radius 2 is 1.90 bits per heavy atom. The minimum Gasteiger partial charge on any atom is -0.458 e. The maximum Gasteiger partial charge on any atom is 0.329 e. The number of nitrogens with one attached hydrogen (secondary N) is 1. The number of amides is 1. The fourth-order valence-corrected chi connectivity index (χ4v) is 3.42. The van der Waals surface area contributed by atoms with Crippen molar-refractivity contribution in [1.29, 1.82) is 0 Å². The number of hydrogen-bond donors (Lipinski definition) is 1. The lowest BCUT2D eigenvalue weighted by Gasteiger charge is -2.17. The first-order valence-electron chi connectivity index (χ1n) is 9.30. The van der Waals surface area contributed by atoms with Crippen LogP contribution in [0.15, 0.2) is 65.2 Å². The van der Waals surface area contributed by atoms with Crippen molar-refractivity contribution in [1.82, 2.24) is 10.5 Å². The van der Waals surface area contributed by atoms with Gasteiger partial charge in [0.25, 0.3) is 5.91 Å². The number of esters is 1. The molecular weight excluding hydrogens is 424 g/mol. The standard InChI is InChI=1S/C22H21ClN2O4S/c1-30-12-11-19(24-21(26)17-9-5-6-10-18(17)23)22(27)28-14-16-13-20(29-25-16)15-7-3-2-4-8-15/h2-10,13,19H,11-12,14H2,1H3,(H,24,26). The summed E-state index contributed by atoms with van der Waals surface area (Å²) in [5.41, 5.74) is 1.68. The van der Waals surface area contributed by atoms with E-state index in [-0.39, 0.29) is 6.61 Å². The molecule has 0 bridgehead atoms. The second kappa shape index (κ2) is 10.8. The number of carbonyl (C=O) groups excluding carboxylic acids is 2. The number of ether oxygens (including phenoxy) is 1. The summed E-state index contributed by atoms with van der Waals surface area (Å²) in [7, 11) is 0. The SMILES string of the molecule is CSCCC(NC(=O)c1ccccc1Cl)C(=O)OCc1cc(-c2ccccc2)on1. The van der Waals surface area contributed by atoms with Crippen LogP contribution in [-0.4, -0.2) is 35.1 Å². The van der Waals surface area contributed by atoms with E-state index in [1.807, 2.05) is 36.6 Å². The summed E-state index contributed by atoms with van der Waals surface area (Å²) in [4.78, 5) is 25.2. The number of halogens is 1. The first-order chi connectivity index (χ1) is 14.6. The lowest BCUT2D eigenvalue weighted by Crippen LogP contribution is -2.42. The normalized spacial score (nSPS) is 11.7. The van der Waals surface area contributed by atoms with Crippen molar-refractivity contribution < 1.29 is 18.8 Å². The second-order valence-corrected chi connectivity index (χ2v) is 7.84. The van der Waals surface area contributed by atoms with Gasteiger partial charge < -0.3 is 14.6 Å². The topological polar surface area (TPSA) is 81.4 Å². The van der Waals surface area contributed by atoms with E-state index in [0.29, 0.717) is 34.2 Å². The van der Waals surface area contributed by atoms with Crippen LogP contribution in [0.2, 0.25) is 5.02 Å². The molecule has 0 saturated heterocycles. The molecule has 1 heterocycles. The molecule has 3 rings (SSSR count). The molecule has 1 aromatic heterocycles.